The fourth-order valence-corrected chi connectivity index (χ4v) is 3.36. The zero-order chi connectivity index (χ0) is 20.9. The van der Waals surface area contributed by atoms with Crippen LogP contribution >= 0.6 is 0 Å². The molecule has 1 aromatic carbocycles. The molecule has 0 aliphatic carbocycles. The van der Waals surface area contributed by atoms with Crippen molar-refractivity contribution in [1.29, 1.82) is 0 Å². The number of benzene rings is 1. The molecule has 2 aromatic heterocycles. The van der Waals surface area contributed by atoms with Crippen LogP contribution in [-0.4, -0.2) is 50.3 Å². The molecule has 0 spiro atoms. The smallest absolute Gasteiger partial charge is 0.387 e. The van der Waals surface area contributed by atoms with Gasteiger partial charge in [-0.15, -0.1) is 0 Å². The van der Waals surface area contributed by atoms with Gasteiger partial charge in [0.1, 0.15) is 30.5 Å². The van der Waals surface area contributed by atoms with Crippen LogP contribution in [0.3, 0.4) is 0 Å². The van der Waals surface area contributed by atoms with Gasteiger partial charge >= 0.3 is 6.61 Å². The zero-order valence-corrected chi connectivity index (χ0v) is 15.9. The molecule has 1 N–H and O–H groups in total. The molecule has 11 heteroatoms. The van der Waals surface area contributed by atoms with Gasteiger partial charge in [0.25, 0.3) is 0 Å². The summed E-state index contributed by atoms with van der Waals surface area (Å²) in [7, 11) is 0. The normalized spacial score (nSPS) is 16.5. The summed E-state index contributed by atoms with van der Waals surface area (Å²) < 4.78 is 30.7. The maximum absolute atomic E-state index is 12.7. The van der Waals surface area contributed by atoms with E-state index in [4.69, 9.17) is 0 Å². The number of carbonyl (C=O) groups is 1. The van der Waals surface area contributed by atoms with Crippen LogP contribution in [0.1, 0.15) is 12.8 Å². The Labute approximate surface area is 170 Å². The molecule has 0 radical (unpaired) electrons. The van der Waals surface area contributed by atoms with E-state index in [1.807, 2.05) is 4.90 Å². The van der Waals surface area contributed by atoms with Crippen molar-refractivity contribution in [3.63, 3.8) is 0 Å². The van der Waals surface area contributed by atoms with Crippen molar-refractivity contribution in [3.8, 4) is 11.6 Å². The summed E-state index contributed by atoms with van der Waals surface area (Å²) in [6, 6.07) is 7.75. The monoisotopic (exact) mass is 415 g/mol. The van der Waals surface area contributed by atoms with Crippen molar-refractivity contribution in [2.24, 2.45) is 5.92 Å². The maximum Gasteiger partial charge on any atom is 0.387 e. The Bertz CT molecular complexity index is 1000. The van der Waals surface area contributed by atoms with Crippen LogP contribution in [0.4, 0.5) is 20.3 Å². The van der Waals surface area contributed by atoms with Crippen LogP contribution in [0.25, 0.3) is 5.82 Å². The molecule has 1 fully saturated rings. The minimum absolute atomic E-state index is 0.00491. The number of ether oxygens (including phenoxy) is 1. The fraction of sp³-hybridized carbons (Fsp3) is 0.316. The number of alkyl halides is 2. The van der Waals surface area contributed by atoms with E-state index in [0.717, 1.165) is 19.4 Å². The van der Waals surface area contributed by atoms with Gasteiger partial charge in [0.05, 0.1) is 5.92 Å². The second-order valence-electron chi connectivity index (χ2n) is 6.76. The molecule has 1 aliphatic heterocycles. The first-order valence-electron chi connectivity index (χ1n) is 9.36. The predicted molar refractivity (Wildman–Crippen MR) is 104 cm³/mol. The Morgan fingerprint density at radius 1 is 1.20 bits per heavy atom. The third-order valence-electron chi connectivity index (χ3n) is 4.73. The number of hydrogen-bond acceptors (Lipinski definition) is 7. The Morgan fingerprint density at radius 2 is 2.07 bits per heavy atom. The first kappa shape index (κ1) is 19.7. The Hall–Kier alpha value is -3.63. The molecule has 0 bridgehead atoms. The number of hydrogen-bond donors (Lipinski definition) is 1. The molecule has 1 unspecified atom stereocenters. The summed E-state index contributed by atoms with van der Waals surface area (Å²) in [4.78, 5) is 27.2. The Morgan fingerprint density at radius 3 is 2.87 bits per heavy atom. The van der Waals surface area contributed by atoms with Crippen molar-refractivity contribution in [2.45, 2.75) is 19.5 Å². The van der Waals surface area contributed by atoms with Crippen LogP contribution in [0.2, 0.25) is 0 Å². The second kappa shape index (κ2) is 8.80. The molecular weight excluding hydrogens is 396 g/mol. The number of halogens is 2. The number of piperidine rings is 1. The molecule has 1 aliphatic rings. The summed E-state index contributed by atoms with van der Waals surface area (Å²) in [5.41, 5.74) is 0.408. The van der Waals surface area contributed by atoms with Crippen molar-refractivity contribution < 1.29 is 18.3 Å². The number of rotatable bonds is 6. The lowest BCUT2D eigenvalue weighted by molar-refractivity contribution is -0.120. The highest BCUT2D eigenvalue weighted by Crippen LogP contribution is 2.25. The van der Waals surface area contributed by atoms with E-state index in [-0.39, 0.29) is 17.6 Å². The number of nitrogens with one attached hydrogen (secondary N) is 1. The van der Waals surface area contributed by atoms with Crippen LogP contribution in [0.5, 0.6) is 5.75 Å². The first-order valence-corrected chi connectivity index (χ1v) is 9.36. The van der Waals surface area contributed by atoms with E-state index in [1.165, 1.54) is 29.5 Å². The molecule has 30 heavy (non-hydrogen) atoms. The highest BCUT2D eigenvalue weighted by atomic mass is 19.3. The highest BCUT2D eigenvalue weighted by Gasteiger charge is 2.27. The summed E-state index contributed by atoms with van der Waals surface area (Å²) in [5.74, 6) is 0.817. The molecule has 0 saturated carbocycles. The number of carbonyl (C=O) groups excluding carboxylic acids is 1. The molecule has 3 heterocycles. The fourth-order valence-electron chi connectivity index (χ4n) is 3.36. The van der Waals surface area contributed by atoms with Crippen LogP contribution in [-0.2, 0) is 4.79 Å². The van der Waals surface area contributed by atoms with Crippen LogP contribution < -0.4 is 15.0 Å². The van der Waals surface area contributed by atoms with Gasteiger partial charge in [0.15, 0.2) is 5.82 Å². The van der Waals surface area contributed by atoms with Gasteiger partial charge in [-0.3, -0.25) is 4.79 Å². The van der Waals surface area contributed by atoms with Crippen molar-refractivity contribution in [2.75, 3.05) is 23.3 Å². The topological polar surface area (TPSA) is 98.1 Å². The second-order valence-corrected chi connectivity index (χ2v) is 6.76. The molecule has 1 atom stereocenters. The third kappa shape index (κ3) is 4.67. The van der Waals surface area contributed by atoms with Gasteiger partial charge in [-0.25, -0.2) is 19.6 Å². The number of nitrogens with zero attached hydrogens (tertiary/aromatic N) is 6. The van der Waals surface area contributed by atoms with E-state index in [9.17, 15) is 13.6 Å². The lowest BCUT2D eigenvalue weighted by Crippen LogP contribution is -2.41. The predicted octanol–water partition coefficient (Wildman–Crippen LogP) is 2.51. The first-order chi connectivity index (χ1) is 14.6. The minimum Gasteiger partial charge on any atom is -0.435 e. The largest absolute Gasteiger partial charge is 0.435 e. The van der Waals surface area contributed by atoms with Crippen LogP contribution in [0.15, 0.2) is 49.3 Å². The number of amides is 1. The number of aromatic nitrogens is 5. The van der Waals surface area contributed by atoms with Gasteiger partial charge in [-0.05, 0) is 25.0 Å². The molecule has 1 amide bonds. The van der Waals surface area contributed by atoms with Crippen molar-refractivity contribution >= 4 is 17.4 Å². The quantitative estimate of drug-likeness (QED) is 0.661. The molecule has 4 rings (SSSR count). The van der Waals surface area contributed by atoms with Gasteiger partial charge in [-0.2, -0.15) is 13.9 Å². The Kier molecular flexibility index (Phi) is 5.77. The molecular formula is C19H19F2N7O2. The third-order valence-corrected chi connectivity index (χ3v) is 4.73. The maximum atomic E-state index is 12.7. The van der Waals surface area contributed by atoms with Crippen molar-refractivity contribution in [3.05, 3.63) is 49.3 Å². The summed E-state index contributed by atoms with van der Waals surface area (Å²) in [5, 5.41) is 6.85. The van der Waals surface area contributed by atoms with E-state index >= 15 is 0 Å². The molecule has 156 valence electrons. The lowest BCUT2D eigenvalue weighted by Gasteiger charge is -2.32. The van der Waals surface area contributed by atoms with E-state index in [2.05, 4.69) is 30.1 Å². The lowest BCUT2D eigenvalue weighted by atomic mass is 9.97. The minimum atomic E-state index is -2.92. The SMILES string of the molecule is O=C(Nc1cccc(OC(F)F)c1)C1CCCN(c2cc(-n3cncn3)ncn2)C1. The zero-order valence-electron chi connectivity index (χ0n) is 15.9. The standard InChI is InChI=1S/C19H19F2N7O2/c20-19(21)30-15-5-1-4-14(7-15)26-18(29)13-3-2-6-27(9-13)16-8-17(24-11-23-16)28-12-22-10-25-28/h1,4-5,7-8,10-13,19H,2-3,6,9H2,(H,26,29). The summed E-state index contributed by atoms with van der Waals surface area (Å²) in [6.07, 6.45) is 5.95. The summed E-state index contributed by atoms with van der Waals surface area (Å²) in [6.45, 7) is -1.68. The van der Waals surface area contributed by atoms with Gasteiger partial charge in [0, 0.05) is 30.9 Å². The average molecular weight is 415 g/mol. The Balaban J connectivity index is 1.43. The summed E-state index contributed by atoms with van der Waals surface area (Å²) >= 11 is 0. The van der Waals surface area contributed by atoms with Gasteiger partial charge in [-0.1, -0.05) is 6.07 Å². The van der Waals surface area contributed by atoms with Gasteiger partial charge < -0.3 is 15.0 Å². The molecule has 1 saturated heterocycles. The highest BCUT2D eigenvalue weighted by molar-refractivity contribution is 5.93. The van der Waals surface area contributed by atoms with E-state index in [0.29, 0.717) is 23.9 Å². The van der Waals surface area contributed by atoms with Crippen LogP contribution in [0, 0.1) is 5.92 Å². The van der Waals surface area contributed by atoms with E-state index in [1.54, 1.807) is 24.5 Å². The number of anilines is 2. The molecule has 3 aromatic rings. The average Bonchev–Trinajstić information content (AvgIpc) is 3.29. The van der Waals surface area contributed by atoms with Crippen molar-refractivity contribution in [1.82, 2.24) is 24.7 Å². The molecule has 9 nitrogen and oxygen atoms in total. The van der Waals surface area contributed by atoms with Gasteiger partial charge in [0.2, 0.25) is 5.91 Å². The van der Waals surface area contributed by atoms with E-state index < -0.39 is 6.61 Å².